The van der Waals surface area contributed by atoms with E-state index in [2.05, 4.69) is 24.9 Å². The van der Waals surface area contributed by atoms with Gasteiger partial charge in [0.25, 0.3) is 5.91 Å². The Morgan fingerprint density at radius 3 is 2.87 bits per heavy atom. The average Bonchev–Trinajstić information content (AvgIpc) is 3.36. The van der Waals surface area contributed by atoms with Crippen LogP contribution in [-0.2, 0) is 9.47 Å². The minimum Gasteiger partial charge on any atom is -0.506 e. The first kappa shape index (κ1) is 20.3. The molecule has 4 rings (SSSR count). The van der Waals surface area contributed by atoms with Crippen molar-refractivity contribution in [1.82, 2.24) is 24.8 Å². The predicted octanol–water partition coefficient (Wildman–Crippen LogP) is 1.04. The minimum absolute atomic E-state index is 0.101. The van der Waals surface area contributed by atoms with Gasteiger partial charge in [-0.05, 0) is 6.07 Å². The number of pyridine rings is 1. The summed E-state index contributed by atoms with van der Waals surface area (Å²) in [6, 6.07) is 3.10. The van der Waals surface area contributed by atoms with Gasteiger partial charge in [-0.2, -0.15) is 0 Å². The number of aromatic nitrogens is 3. The molecule has 11 heteroatoms. The number of thiophene rings is 1. The Hall–Kier alpha value is -3.02. The van der Waals surface area contributed by atoms with E-state index in [1.54, 1.807) is 17.0 Å². The first-order valence-corrected chi connectivity index (χ1v) is 10.2. The Labute approximate surface area is 176 Å². The van der Waals surface area contributed by atoms with Gasteiger partial charge >= 0.3 is 5.97 Å². The molecule has 0 spiro atoms. The maximum atomic E-state index is 12.5. The fraction of sp³-hybridized carbons (Fsp3) is 0.368. The van der Waals surface area contributed by atoms with E-state index in [0.717, 1.165) is 31.0 Å². The standard InChI is InChI=1S/C19H21N5O5S/c1-28-19(27)17-15(25)9-16(30-17)24-11-22-13-10-21-12(8-14(13)24)18(26)20-2-3-23-4-6-29-7-5-23/h8-11,25H,2-7H2,1H3,(H,20,26). The van der Waals surface area contributed by atoms with Crippen LogP contribution >= 0.6 is 11.3 Å². The van der Waals surface area contributed by atoms with Gasteiger partial charge in [0, 0.05) is 32.2 Å². The van der Waals surface area contributed by atoms with Crippen molar-refractivity contribution in [1.29, 1.82) is 0 Å². The highest BCUT2D eigenvalue weighted by Gasteiger charge is 2.19. The summed E-state index contributed by atoms with van der Waals surface area (Å²) in [7, 11) is 1.25. The van der Waals surface area contributed by atoms with Crippen LogP contribution in [0, 0.1) is 0 Å². The summed E-state index contributed by atoms with van der Waals surface area (Å²) in [6.45, 7) is 4.42. The van der Waals surface area contributed by atoms with Crippen LogP contribution in [-0.4, -0.2) is 82.9 Å². The normalized spacial score (nSPS) is 14.7. The average molecular weight is 431 g/mol. The molecule has 1 fully saturated rings. The fourth-order valence-corrected chi connectivity index (χ4v) is 4.13. The summed E-state index contributed by atoms with van der Waals surface area (Å²) in [5.41, 5.74) is 1.49. The number of imidazole rings is 1. The lowest BCUT2D eigenvalue weighted by Crippen LogP contribution is -2.41. The molecular weight excluding hydrogens is 410 g/mol. The van der Waals surface area contributed by atoms with Crippen LogP contribution in [0.4, 0.5) is 0 Å². The van der Waals surface area contributed by atoms with Crippen LogP contribution in [0.25, 0.3) is 16.0 Å². The first-order chi connectivity index (χ1) is 14.6. The van der Waals surface area contributed by atoms with Gasteiger partial charge < -0.3 is 19.9 Å². The number of carbonyl (C=O) groups is 2. The molecule has 0 saturated carbocycles. The summed E-state index contributed by atoms with van der Waals surface area (Å²) in [4.78, 5) is 35.1. The summed E-state index contributed by atoms with van der Waals surface area (Å²) in [5, 5.41) is 13.5. The SMILES string of the molecule is COC(=O)c1sc(-n2cnc3cnc(C(=O)NCCN4CCOCC4)cc32)cc1O. The Bertz CT molecular complexity index is 1070. The monoisotopic (exact) mass is 431 g/mol. The van der Waals surface area contributed by atoms with Crippen LogP contribution < -0.4 is 5.32 Å². The Kier molecular flexibility index (Phi) is 5.93. The second kappa shape index (κ2) is 8.78. The molecule has 0 aliphatic carbocycles. The number of amides is 1. The van der Waals surface area contributed by atoms with Crippen molar-refractivity contribution in [2.75, 3.05) is 46.5 Å². The van der Waals surface area contributed by atoms with Crippen LogP contribution in [0.1, 0.15) is 20.2 Å². The van der Waals surface area contributed by atoms with Gasteiger partial charge in [-0.25, -0.2) is 14.8 Å². The number of nitrogens with one attached hydrogen (secondary N) is 1. The predicted molar refractivity (Wildman–Crippen MR) is 109 cm³/mol. The van der Waals surface area contributed by atoms with Crippen molar-refractivity contribution in [3.63, 3.8) is 0 Å². The zero-order valence-corrected chi connectivity index (χ0v) is 17.1. The molecule has 4 heterocycles. The third-order valence-corrected chi connectivity index (χ3v) is 5.89. The van der Waals surface area contributed by atoms with Gasteiger partial charge in [-0.1, -0.05) is 0 Å². The van der Waals surface area contributed by atoms with Crippen molar-refractivity contribution < 1.29 is 24.2 Å². The quantitative estimate of drug-likeness (QED) is 0.556. The van der Waals surface area contributed by atoms with Gasteiger partial charge in [0.15, 0.2) is 4.88 Å². The maximum absolute atomic E-state index is 12.5. The molecule has 30 heavy (non-hydrogen) atoms. The highest BCUT2D eigenvalue weighted by molar-refractivity contribution is 7.16. The molecule has 1 saturated heterocycles. The number of esters is 1. The molecule has 0 bridgehead atoms. The van der Waals surface area contributed by atoms with Crippen LogP contribution in [0.2, 0.25) is 0 Å². The van der Waals surface area contributed by atoms with Gasteiger partial charge in [-0.3, -0.25) is 14.3 Å². The summed E-state index contributed by atoms with van der Waals surface area (Å²) in [6.07, 6.45) is 3.08. The third-order valence-electron chi connectivity index (χ3n) is 4.79. The van der Waals surface area contributed by atoms with E-state index in [9.17, 15) is 14.7 Å². The van der Waals surface area contributed by atoms with E-state index < -0.39 is 5.97 Å². The third kappa shape index (κ3) is 4.13. The first-order valence-electron chi connectivity index (χ1n) is 9.39. The second-order valence-electron chi connectivity index (χ2n) is 6.67. The fourth-order valence-electron chi connectivity index (χ4n) is 3.18. The molecular formula is C19H21N5O5S. The molecule has 10 nitrogen and oxygen atoms in total. The number of rotatable bonds is 6. The minimum atomic E-state index is -0.616. The molecule has 158 valence electrons. The van der Waals surface area contributed by atoms with Gasteiger partial charge in [0.05, 0.1) is 32.0 Å². The van der Waals surface area contributed by atoms with Crippen LogP contribution in [0.15, 0.2) is 24.7 Å². The summed E-state index contributed by atoms with van der Waals surface area (Å²) < 4.78 is 11.7. The molecule has 0 radical (unpaired) electrons. The topological polar surface area (TPSA) is 119 Å². The molecule has 0 aromatic carbocycles. The number of nitrogens with zero attached hydrogens (tertiary/aromatic N) is 4. The highest BCUT2D eigenvalue weighted by atomic mass is 32.1. The molecule has 3 aromatic rings. The molecule has 1 aliphatic heterocycles. The Morgan fingerprint density at radius 1 is 1.30 bits per heavy atom. The number of hydrogen-bond acceptors (Lipinski definition) is 9. The van der Waals surface area contributed by atoms with Gasteiger partial charge in [0.1, 0.15) is 28.3 Å². The van der Waals surface area contributed by atoms with Crippen LogP contribution in [0.3, 0.4) is 0 Å². The number of methoxy groups -OCH3 is 1. The van der Waals surface area contributed by atoms with E-state index >= 15 is 0 Å². The second-order valence-corrected chi connectivity index (χ2v) is 7.70. The number of carbonyl (C=O) groups excluding carboxylic acids is 2. The van der Waals surface area contributed by atoms with Crippen molar-refractivity contribution in [3.05, 3.63) is 35.2 Å². The van der Waals surface area contributed by atoms with E-state index in [1.165, 1.54) is 19.4 Å². The van der Waals surface area contributed by atoms with Gasteiger partial charge in [-0.15, -0.1) is 11.3 Å². The molecule has 0 unspecified atom stereocenters. The zero-order chi connectivity index (χ0) is 21.1. The lowest BCUT2D eigenvalue weighted by molar-refractivity contribution is 0.0383. The summed E-state index contributed by atoms with van der Waals surface area (Å²) in [5.74, 6) is -1.06. The lowest BCUT2D eigenvalue weighted by atomic mass is 10.3. The molecule has 3 aromatic heterocycles. The van der Waals surface area contributed by atoms with E-state index in [4.69, 9.17) is 4.74 Å². The van der Waals surface area contributed by atoms with E-state index in [1.807, 2.05) is 0 Å². The van der Waals surface area contributed by atoms with E-state index in [0.29, 0.717) is 35.8 Å². The molecule has 1 aliphatic rings. The number of morpholine rings is 1. The highest BCUT2D eigenvalue weighted by Crippen LogP contribution is 2.33. The van der Waals surface area contributed by atoms with Crippen molar-refractivity contribution >= 4 is 34.2 Å². The Morgan fingerprint density at radius 2 is 2.10 bits per heavy atom. The number of hydrogen-bond donors (Lipinski definition) is 2. The lowest BCUT2D eigenvalue weighted by Gasteiger charge is -2.26. The molecule has 0 atom stereocenters. The number of ether oxygens (including phenoxy) is 2. The van der Waals surface area contributed by atoms with Crippen molar-refractivity contribution in [2.45, 2.75) is 0 Å². The van der Waals surface area contributed by atoms with Crippen LogP contribution in [0.5, 0.6) is 5.75 Å². The maximum Gasteiger partial charge on any atom is 0.351 e. The van der Waals surface area contributed by atoms with E-state index in [-0.39, 0.29) is 22.2 Å². The molecule has 2 N–H and O–H groups in total. The number of fused-ring (bicyclic) bond motifs is 1. The smallest absolute Gasteiger partial charge is 0.351 e. The number of aromatic hydroxyl groups is 1. The molecule has 1 amide bonds. The van der Waals surface area contributed by atoms with Gasteiger partial charge in [0.2, 0.25) is 0 Å². The largest absolute Gasteiger partial charge is 0.506 e. The van der Waals surface area contributed by atoms with Crippen molar-refractivity contribution in [3.8, 4) is 10.8 Å². The zero-order valence-electron chi connectivity index (χ0n) is 16.3. The Balaban J connectivity index is 1.51. The summed E-state index contributed by atoms with van der Waals surface area (Å²) >= 11 is 1.07. The van der Waals surface area contributed by atoms with Crippen molar-refractivity contribution in [2.24, 2.45) is 0 Å².